The zero-order valence-electron chi connectivity index (χ0n) is 11.6. The van der Waals surface area contributed by atoms with Crippen LogP contribution in [-0.2, 0) is 6.42 Å². The van der Waals surface area contributed by atoms with Gasteiger partial charge < -0.3 is 15.6 Å². The molecule has 18 heavy (non-hydrogen) atoms. The number of benzene rings is 1. The van der Waals surface area contributed by atoms with E-state index in [0.717, 1.165) is 25.0 Å². The third kappa shape index (κ3) is 3.72. The van der Waals surface area contributed by atoms with Crippen LogP contribution >= 0.6 is 0 Å². The zero-order chi connectivity index (χ0) is 13.5. The number of hydrogen-bond acceptors (Lipinski definition) is 3. The summed E-state index contributed by atoms with van der Waals surface area (Å²) < 4.78 is 5.26. The van der Waals surface area contributed by atoms with Gasteiger partial charge >= 0.3 is 0 Å². The normalized spacial score (nSPS) is 14.3. The lowest BCUT2D eigenvalue weighted by Crippen LogP contribution is -2.22. The van der Waals surface area contributed by atoms with Crippen molar-refractivity contribution in [3.05, 3.63) is 29.3 Å². The number of aliphatic hydroxyl groups excluding tert-OH is 1. The maximum atomic E-state index is 9.74. The molecular weight excluding hydrogens is 226 g/mol. The molecule has 1 aromatic rings. The summed E-state index contributed by atoms with van der Waals surface area (Å²) >= 11 is 0. The first-order valence-electron chi connectivity index (χ1n) is 6.71. The standard InChI is InChI=1S/C15H25NO2/c1-4-11(8-13(17)10-16)15-7-6-14(18-3)9-12(15)5-2/h6-7,9,11,13,17H,4-5,8,10,16H2,1-3H3. The minimum absolute atomic E-state index is 0.327. The zero-order valence-corrected chi connectivity index (χ0v) is 11.6. The van der Waals surface area contributed by atoms with Crippen molar-refractivity contribution in [2.45, 2.75) is 45.1 Å². The average molecular weight is 251 g/mol. The summed E-state index contributed by atoms with van der Waals surface area (Å²) in [7, 11) is 1.68. The lowest BCUT2D eigenvalue weighted by atomic mass is 9.87. The highest BCUT2D eigenvalue weighted by Gasteiger charge is 2.17. The van der Waals surface area contributed by atoms with Gasteiger partial charge in [0.25, 0.3) is 0 Å². The number of ether oxygens (including phenoxy) is 1. The van der Waals surface area contributed by atoms with Gasteiger partial charge in [-0.05, 0) is 48.4 Å². The van der Waals surface area contributed by atoms with E-state index in [1.807, 2.05) is 6.07 Å². The van der Waals surface area contributed by atoms with Gasteiger partial charge in [0.1, 0.15) is 5.75 Å². The minimum atomic E-state index is -0.415. The van der Waals surface area contributed by atoms with Crippen molar-refractivity contribution >= 4 is 0 Å². The largest absolute Gasteiger partial charge is 0.497 e. The van der Waals surface area contributed by atoms with E-state index in [-0.39, 0.29) is 0 Å². The van der Waals surface area contributed by atoms with Crippen molar-refractivity contribution in [1.82, 2.24) is 0 Å². The van der Waals surface area contributed by atoms with E-state index >= 15 is 0 Å². The van der Waals surface area contributed by atoms with E-state index in [0.29, 0.717) is 12.5 Å². The maximum Gasteiger partial charge on any atom is 0.119 e. The molecule has 0 aliphatic heterocycles. The number of hydrogen-bond donors (Lipinski definition) is 2. The Morgan fingerprint density at radius 1 is 1.33 bits per heavy atom. The molecule has 1 rings (SSSR count). The second-order valence-corrected chi connectivity index (χ2v) is 4.65. The van der Waals surface area contributed by atoms with Crippen LogP contribution in [0.15, 0.2) is 18.2 Å². The Labute approximate surface area is 110 Å². The van der Waals surface area contributed by atoms with Crippen LogP contribution < -0.4 is 10.5 Å². The number of nitrogens with two attached hydrogens (primary N) is 1. The average Bonchev–Trinajstić information content (AvgIpc) is 2.43. The first-order valence-corrected chi connectivity index (χ1v) is 6.71. The molecule has 0 saturated carbocycles. The molecule has 0 saturated heterocycles. The molecule has 1 aromatic carbocycles. The smallest absolute Gasteiger partial charge is 0.119 e. The molecule has 0 radical (unpaired) electrons. The van der Waals surface area contributed by atoms with Gasteiger partial charge in [0, 0.05) is 6.54 Å². The Morgan fingerprint density at radius 2 is 2.06 bits per heavy atom. The number of rotatable bonds is 7. The van der Waals surface area contributed by atoms with Gasteiger partial charge in [-0.1, -0.05) is 19.9 Å². The molecule has 0 bridgehead atoms. The number of aliphatic hydroxyl groups is 1. The summed E-state index contributed by atoms with van der Waals surface area (Å²) in [5.74, 6) is 1.26. The van der Waals surface area contributed by atoms with Gasteiger partial charge in [-0.25, -0.2) is 0 Å². The van der Waals surface area contributed by atoms with Gasteiger partial charge in [-0.15, -0.1) is 0 Å². The summed E-state index contributed by atoms with van der Waals surface area (Å²) in [5, 5.41) is 9.74. The Kier molecular flexibility index (Phi) is 6.16. The molecule has 0 aromatic heterocycles. The predicted molar refractivity (Wildman–Crippen MR) is 75.1 cm³/mol. The lowest BCUT2D eigenvalue weighted by molar-refractivity contribution is 0.162. The Balaban J connectivity index is 2.97. The molecule has 0 aliphatic rings. The SMILES string of the molecule is CCc1cc(OC)ccc1C(CC)CC(O)CN. The van der Waals surface area contributed by atoms with Gasteiger partial charge in [0.2, 0.25) is 0 Å². The van der Waals surface area contributed by atoms with Crippen LogP contribution in [0.2, 0.25) is 0 Å². The molecule has 0 aliphatic carbocycles. The maximum absolute atomic E-state index is 9.74. The van der Waals surface area contributed by atoms with E-state index in [2.05, 4.69) is 26.0 Å². The first-order chi connectivity index (χ1) is 8.65. The molecule has 3 nitrogen and oxygen atoms in total. The van der Waals surface area contributed by atoms with Gasteiger partial charge in [0.15, 0.2) is 0 Å². The lowest BCUT2D eigenvalue weighted by Gasteiger charge is -2.21. The van der Waals surface area contributed by atoms with Crippen LogP contribution in [0.3, 0.4) is 0 Å². The monoisotopic (exact) mass is 251 g/mol. The van der Waals surface area contributed by atoms with Crippen LogP contribution in [-0.4, -0.2) is 24.9 Å². The molecule has 0 fully saturated rings. The van der Waals surface area contributed by atoms with E-state index in [1.165, 1.54) is 11.1 Å². The minimum Gasteiger partial charge on any atom is -0.497 e. The van der Waals surface area contributed by atoms with Crippen molar-refractivity contribution in [3.63, 3.8) is 0 Å². The molecule has 0 heterocycles. The Bertz CT molecular complexity index is 366. The third-order valence-electron chi connectivity index (χ3n) is 3.49. The Morgan fingerprint density at radius 3 is 2.56 bits per heavy atom. The summed E-state index contributed by atoms with van der Waals surface area (Å²) in [4.78, 5) is 0. The molecule has 0 amide bonds. The first kappa shape index (κ1) is 15.0. The van der Waals surface area contributed by atoms with Crippen molar-refractivity contribution in [2.24, 2.45) is 5.73 Å². The highest BCUT2D eigenvalue weighted by molar-refractivity contribution is 5.38. The Hall–Kier alpha value is -1.06. The predicted octanol–water partition coefficient (Wildman–Crippen LogP) is 2.46. The van der Waals surface area contributed by atoms with E-state index in [9.17, 15) is 5.11 Å². The summed E-state index contributed by atoms with van der Waals surface area (Å²) in [6.07, 6.45) is 2.30. The second-order valence-electron chi connectivity index (χ2n) is 4.65. The molecule has 2 unspecified atom stereocenters. The third-order valence-corrected chi connectivity index (χ3v) is 3.49. The van der Waals surface area contributed by atoms with Crippen LogP contribution in [0.1, 0.15) is 43.7 Å². The van der Waals surface area contributed by atoms with Gasteiger partial charge in [-0.2, -0.15) is 0 Å². The van der Waals surface area contributed by atoms with Crippen molar-refractivity contribution in [1.29, 1.82) is 0 Å². The van der Waals surface area contributed by atoms with Crippen molar-refractivity contribution < 1.29 is 9.84 Å². The molecule has 2 atom stereocenters. The molecule has 0 spiro atoms. The topological polar surface area (TPSA) is 55.5 Å². The molecular formula is C15H25NO2. The second kappa shape index (κ2) is 7.39. The van der Waals surface area contributed by atoms with E-state index in [1.54, 1.807) is 7.11 Å². The van der Waals surface area contributed by atoms with E-state index in [4.69, 9.17) is 10.5 Å². The van der Waals surface area contributed by atoms with E-state index < -0.39 is 6.10 Å². The molecule has 102 valence electrons. The van der Waals surface area contributed by atoms with Crippen LogP contribution in [0.25, 0.3) is 0 Å². The van der Waals surface area contributed by atoms with Crippen LogP contribution in [0.4, 0.5) is 0 Å². The highest BCUT2D eigenvalue weighted by atomic mass is 16.5. The summed E-state index contributed by atoms with van der Waals surface area (Å²) in [6, 6.07) is 6.20. The van der Waals surface area contributed by atoms with Crippen molar-refractivity contribution in [3.8, 4) is 5.75 Å². The highest BCUT2D eigenvalue weighted by Crippen LogP contribution is 2.30. The number of aryl methyl sites for hydroxylation is 1. The van der Waals surface area contributed by atoms with Gasteiger partial charge in [0.05, 0.1) is 13.2 Å². The fraction of sp³-hybridized carbons (Fsp3) is 0.600. The van der Waals surface area contributed by atoms with Crippen LogP contribution in [0, 0.1) is 0 Å². The number of methoxy groups -OCH3 is 1. The summed E-state index contributed by atoms with van der Waals surface area (Å²) in [5.41, 5.74) is 8.11. The van der Waals surface area contributed by atoms with Crippen molar-refractivity contribution in [2.75, 3.05) is 13.7 Å². The summed E-state index contributed by atoms with van der Waals surface area (Å²) in [6.45, 7) is 4.62. The fourth-order valence-electron chi connectivity index (χ4n) is 2.35. The molecule has 3 N–H and O–H groups in total. The van der Waals surface area contributed by atoms with Crippen LogP contribution in [0.5, 0.6) is 5.75 Å². The quantitative estimate of drug-likeness (QED) is 0.782. The molecule has 3 heteroatoms. The fourth-order valence-corrected chi connectivity index (χ4v) is 2.35. The van der Waals surface area contributed by atoms with Gasteiger partial charge in [-0.3, -0.25) is 0 Å².